The molecule has 0 bridgehead atoms. The SMILES string of the molecule is CC(=O)O[C@H]1CC[C@@]2(C)[C@@H](CC[C@@]3(C)[C@H]2C(=O)C=C2[C@@H]4C[C@](C)(C(=O)O[C@@H](C)N5CCCCC5)CC[C@]4(C)CC[C@]23C)C1(C)C. The molecule has 10 atom stereocenters. The molecule has 0 radical (unpaired) electrons. The number of allylic oxidation sites excluding steroid dienone is 2. The monoisotopic (exact) mass is 623 g/mol. The summed E-state index contributed by atoms with van der Waals surface area (Å²) in [5.41, 5.74) is 0.303. The second-order valence-corrected chi connectivity index (χ2v) is 18.3. The molecule has 252 valence electrons. The molecule has 4 saturated carbocycles. The van der Waals surface area contributed by atoms with Gasteiger partial charge < -0.3 is 9.47 Å². The Hall–Kier alpha value is -1.69. The highest BCUT2D eigenvalue weighted by Gasteiger charge is 2.70. The predicted octanol–water partition coefficient (Wildman–Crippen LogP) is 8.27. The minimum absolute atomic E-state index is 0.0512. The number of piperidine rings is 1. The molecule has 0 spiro atoms. The highest BCUT2D eigenvalue weighted by Crippen LogP contribution is 2.75. The van der Waals surface area contributed by atoms with Crippen LogP contribution in [0.2, 0.25) is 0 Å². The van der Waals surface area contributed by atoms with Crippen LogP contribution in [0.3, 0.4) is 0 Å². The summed E-state index contributed by atoms with van der Waals surface area (Å²) in [4.78, 5) is 43.0. The van der Waals surface area contributed by atoms with Crippen molar-refractivity contribution in [2.45, 2.75) is 152 Å². The zero-order valence-electron chi connectivity index (χ0n) is 29.9. The zero-order valence-corrected chi connectivity index (χ0v) is 29.9. The highest BCUT2D eigenvalue weighted by atomic mass is 16.6. The summed E-state index contributed by atoms with van der Waals surface area (Å²) in [6.07, 6.45) is 14.0. The van der Waals surface area contributed by atoms with Crippen LogP contribution in [0.15, 0.2) is 11.6 Å². The molecule has 0 unspecified atom stereocenters. The van der Waals surface area contributed by atoms with Gasteiger partial charge in [0, 0.05) is 31.3 Å². The molecule has 6 heteroatoms. The minimum Gasteiger partial charge on any atom is -0.462 e. The molecule has 0 N–H and O–H groups in total. The van der Waals surface area contributed by atoms with Crippen molar-refractivity contribution in [1.29, 1.82) is 0 Å². The lowest BCUT2D eigenvalue weighted by atomic mass is 9.33. The highest BCUT2D eigenvalue weighted by molar-refractivity contribution is 5.95. The summed E-state index contributed by atoms with van der Waals surface area (Å²) in [6.45, 7) is 21.9. The van der Waals surface area contributed by atoms with Gasteiger partial charge in [-0.15, -0.1) is 0 Å². The van der Waals surface area contributed by atoms with Gasteiger partial charge in [-0.3, -0.25) is 19.3 Å². The van der Waals surface area contributed by atoms with E-state index in [2.05, 4.69) is 59.4 Å². The fraction of sp³-hybridized carbons (Fsp3) is 0.872. The van der Waals surface area contributed by atoms with Gasteiger partial charge in [-0.25, -0.2) is 0 Å². The largest absolute Gasteiger partial charge is 0.462 e. The third-order valence-electron chi connectivity index (χ3n) is 15.5. The Labute approximate surface area is 272 Å². The molecule has 1 aliphatic heterocycles. The first-order valence-corrected chi connectivity index (χ1v) is 18.3. The number of carbonyl (C=O) groups excluding carboxylic acids is 3. The van der Waals surface area contributed by atoms with Gasteiger partial charge in [0.15, 0.2) is 12.0 Å². The van der Waals surface area contributed by atoms with Gasteiger partial charge in [-0.2, -0.15) is 0 Å². The second kappa shape index (κ2) is 10.9. The molecule has 45 heavy (non-hydrogen) atoms. The molecule has 5 aliphatic carbocycles. The van der Waals surface area contributed by atoms with Crippen LogP contribution in [-0.2, 0) is 23.9 Å². The molecule has 0 amide bonds. The summed E-state index contributed by atoms with van der Waals surface area (Å²) in [5, 5.41) is 0. The fourth-order valence-electron chi connectivity index (χ4n) is 12.4. The van der Waals surface area contributed by atoms with Crippen molar-refractivity contribution in [2.24, 2.45) is 50.2 Å². The van der Waals surface area contributed by atoms with Crippen LogP contribution in [0.5, 0.6) is 0 Å². The number of ether oxygens (including phenoxy) is 2. The van der Waals surface area contributed by atoms with Crippen molar-refractivity contribution >= 4 is 17.7 Å². The summed E-state index contributed by atoms with van der Waals surface area (Å²) in [7, 11) is 0. The van der Waals surface area contributed by atoms with E-state index in [-0.39, 0.29) is 63.2 Å². The standard InChI is InChI=1S/C39H61NO5/c1-25(40-21-11-10-12-22-40)44-33(43)36(6)18-17-35(5)19-20-38(8)27(28(35)24-36)23-29(42)32-37(7)15-14-31(45-26(2)41)34(3,4)30(37)13-16-39(32,38)9/h23,25,28,30-32H,10-22,24H2,1-9H3/t25-,28-,30-,31-,32-,35+,36+,37-,38+,39-/m0/s1. The van der Waals surface area contributed by atoms with Crippen LogP contribution < -0.4 is 0 Å². The molecule has 6 rings (SSSR count). The van der Waals surface area contributed by atoms with Gasteiger partial charge >= 0.3 is 11.9 Å². The van der Waals surface area contributed by atoms with Crippen LogP contribution >= 0.6 is 0 Å². The molecule has 0 aromatic carbocycles. The van der Waals surface area contributed by atoms with Gasteiger partial charge in [0.1, 0.15) is 6.10 Å². The number of rotatable bonds is 4. The maximum absolute atomic E-state index is 14.7. The summed E-state index contributed by atoms with van der Waals surface area (Å²) in [5.74, 6) is 0.507. The van der Waals surface area contributed by atoms with Crippen LogP contribution in [0, 0.1) is 50.2 Å². The Morgan fingerprint density at radius 1 is 0.889 bits per heavy atom. The van der Waals surface area contributed by atoms with E-state index in [4.69, 9.17) is 9.47 Å². The van der Waals surface area contributed by atoms with E-state index in [1.54, 1.807) is 0 Å². The number of carbonyl (C=O) groups is 3. The summed E-state index contributed by atoms with van der Waals surface area (Å²) in [6, 6.07) is 0. The molecule has 6 nitrogen and oxygen atoms in total. The van der Waals surface area contributed by atoms with E-state index < -0.39 is 5.41 Å². The van der Waals surface area contributed by atoms with Crippen molar-refractivity contribution in [2.75, 3.05) is 13.1 Å². The zero-order chi connectivity index (χ0) is 32.8. The maximum Gasteiger partial charge on any atom is 0.313 e. The van der Waals surface area contributed by atoms with Crippen molar-refractivity contribution in [3.8, 4) is 0 Å². The minimum atomic E-state index is -0.545. The van der Waals surface area contributed by atoms with E-state index in [1.807, 2.05) is 6.92 Å². The number of fused-ring (bicyclic) bond motifs is 7. The third kappa shape index (κ3) is 4.91. The van der Waals surface area contributed by atoms with E-state index in [0.717, 1.165) is 70.9 Å². The number of hydrogen-bond donors (Lipinski definition) is 0. The van der Waals surface area contributed by atoms with Crippen LogP contribution in [-0.4, -0.2) is 48.0 Å². The van der Waals surface area contributed by atoms with E-state index >= 15 is 0 Å². The maximum atomic E-state index is 14.7. The lowest BCUT2D eigenvalue weighted by Gasteiger charge is -2.70. The van der Waals surface area contributed by atoms with Gasteiger partial charge in [-0.1, -0.05) is 53.5 Å². The normalized spacial score (nSPS) is 46.8. The number of esters is 2. The average Bonchev–Trinajstić information content (AvgIpc) is 2.97. The number of ketones is 1. The Bertz CT molecular complexity index is 1270. The van der Waals surface area contributed by atoms with E-state index in [0.29, 0.717) is 11.7 Å². The van der Waals surface area contributed by atoms with Crippen molar-refractivity contribution in [3.63, 3.8) is 0 Å². The molecular formula is C39H61NO5. The van der Waals surface area contributed by atoms with Gasteiger partial charge in [0.2, 0.25) is 0 Å². The van der Waals surface area contributed by atoms with Crippen LogP contribution in [0.4, 0.5) is 0 Å². The van der Waals surface area contributed by atoms with Gasteiger partial charge in [0.05, 0.1) is 5.41 Å². The summed E-state index contributed by atoms with van der Waals surface area (Å²) < 4.78 is 12.1. The van der Waals surface area contributed by atoms with Gasteiger partial charge in [-0.05, 0) is 124 Å². The lowest BCUT2D eigenvalue weighted by molar-refractivity contribution is -0.210. The second-order valence-electron chi connectivity index (χ2n) is 18.3. The average molecular weight is 624 g/mol. The van der Waals surface area contributed by atoms with Crippen LogP contribution in [0.25, 0.3) is 0 Å². The van der Waals surface area contributed by atoms with E-state index in [1.165, 1.54) is 31.8 Å². The Balaban J connectivity index is 1.31. The first-order valence-electron chi connectivity index (χ1n) is 18.3. The molecule has 0 aromatic heterocycles. The van der Waals surface area contributed by atoms with Crippen molar-refractivity contribution in [1.82, 2.24) is 4.90 Å². The number of hydrogen-bond acceptors (Lipinski definition) is 6. The Kier molecular flexibility index (Phi) is 8.06. The Morgan fingerprint density at radius 3 is 2.22 bits per heavy atom. The first-order chi connectivity index (χ1) is 20.9. The Morgan fingerprint density at radius 2 is 1.56 bits per heavy atom. The summed E-state index contributed by atoms with van der Waals surface area (Å²) >= 11 is 0. The smallest absolute Gasteiger partial charge is 0.313 e. The quantitative estimate of drug-likeness (QED) is 0.294. The third-order valence-corrected chi connectivity index (χ3v) is 15.5. The van der Waals surface area contributed by atoms with Gasteiger partial charge in [0.25, 0.3) is 0 Å². The fourth-order valence-corrected chi connectivity index (χ4v) is 12.4. The van der Waals surface area contributed by atoms with E-state index in [9.17, 15) is 14.4 Å². The molecule has 6 aliphatic rings. The van der Waals surface area contributed by atoms with Crippen molar-refractivity contribution in [3.05, 3.63) is 11.6 Å². The lowest BCUT2D eigenvalue weighted by Crippen LogP contribution is -2.66. The molecular weight excluding hydrogens is 562 g/mol. The number of likely N-dealkylation sites (tertiary alicyclic amines) is 1. The topological polar surface area (TPSA) is 72.9 Å². The van der Waals surface area contributed by atoms with Crippen molar-refractivity contribution < 1.29 is 23.9 Å². The molecule has 1 heterocycles. The molecule has 5 fully saturated rings. The molecule has 0 aromatic rings. The van der Waals surface area contributed by atoms with Crippen LogP contribution in [0.1, 0.15) is 139 Å². The first kappa shape index (κ1) is 33.2. The predicted molar refractivity (Wildman–Crippen MR) is 176 cm³/mol. The number of nitrogens with zero attached hydrogens (tertiary/aromatic N) is 1. The molecule has 1 saturated heterocycles.